The van der Waals surface area contributed by atoms with Crippen LogP contribution in [0, 0.1) is 17.7 Å². The molecule has 0 bridgehead atoms. The molecule has 0 radical (unpaired) electrons. The maximum atomic E-state index is 13.7. The van der Waals surface area contributed by atoms with Crippen LogP contribution >= 0.6 is 0 Å². The molecule has 3 unspecified atom stereocenters. The summed E-state index contributed by atoms with van der Waals surface area (Å²) in [5.74, 6) is 0.0812. The van der Waals surface area contributed by atoms with Gasteiger partial charge < -0.3 is 15.4 Å². The van der Waals surface area contributed by atoms with Crippen molar-refractivity contribution in [3.63, 3.8) is 0 Å². The molecule has 0 heterocycles. The first-order valence-electron chi connectivity index (χ1n) is 10.0. The quantitative estimate of drug-likeness (QED) is 0.758. The lowest BCUT2D eigenvalue weighted by Gasteiger charge is -2.34. The number of carbonyl (C=O) groups is 2. The van der Waals surface area contributed by atoms with Crippen molar-refractivity contribution in [3.05, 3.63) is 59.9 Å². The Morgan fingerprint density at radius 3 is 2.59 bits per heavy atom. The first kappa shape index (κ1) is 20.8. The van der Waals surface area contributed by atoms with E-state index in [-0.39, 0.29) is 24.2 Å². The van der Waals surface area contributed by atoms with Crippen molar-refractivity contribution in [3.8, 4) is 5.75 Å². The lowest BCUT2D eigenvalue weighted by Crippen LogP contribution is -2.43. The molecule has 3 atom stereocenters. The molecule has 0 spiro atoms. The summed E-state index contributed by atoms with van der Waals surface area (Å²) in [6.45, 7) is 4.06. The number of amides is 2. The highest BCUT2D eigenvalue weighted by Crippen LogP contribution is 2.30. The molecule has 0 saturated heterocycles. The van der Waals surface area contributed by atoms with Crippen LogP contribution in [0.15, 0.2) is 48.5 Å². The van der Waals surface area contributed by atoms with E-state index >= 15 is 0 Å². The lowest BCUT2D eigenvalue weighted by atomic mass is 9.78. The predicted molar refractivity (Wildman–Crippen MR) is 110 cm³/mol. The maximum Gasteiger partial charge on any atom is 0.262 e. The molecule has 0 aromatic heterocycles. The van der Waals surface area contributed by atoms with Gasteiger partial charge in [-0.3, -0.25) is 9.59 Å². The fraction of sp³-hybridized carbons (Fsp3) is 0.391. The Hall–Kier alpha value is -2.89. The molecule has 29 heavy (non-hydrogen) atoms. The Kier molecular flexibility index (Phi) is 6.86. The minimum atomic E-state index is -0.517. The van der Waals surface area contributed by atoms with E-state index in [1.54, 1.807) is 36.4 Å². The van der Waals surface area contributed by atoms with Gasteiger partial charge in [0.25, 0.3) is 11.8 Å². The van der Waals surface area contributed by atoms with Crippen molar-refractivity contribution in [2.24, 2.45) is 11.8 Å². The molecule has 3 rings (SSSR count). The normalized spacial score (nSPS) is 21.3. The highest BCUT2D eigenvalue weighted by atomic mass is 19.1. The molecule has 1 fully saturated rings. The van der Waals surface area contributed by atoms with E-state index in [0.29, 0.717) is 23.1 Å². The summed E-state index contributed by atoms with van der Waals surface area (Å²) < 4.78 is 19.2. The van der Waals surface area contributed by atoms with Crippen LogP contribution in [0.4, 0.5) is 10.1 Å². The topological polar surface area (TPSA) is 67.4 Å². The van der Waals surface area contributed by atoms with E-state index in [0.717, 1.165) is 12.8 Å². The fourth-order valence-electron chi connectivity index (χ4n) is 3.70. The molecule has 1 saturated carbocycles. The first-order chi connectivity index (χ1) is 14.0. The Balaban J connectivity index is 1.62. The summed E-state index contributed by atoms with van der Waals surface area (Å²) in [6, 6.07) is 12.9. The van der Waals surface area contributed by atoms with Gasteiger partial charge in [0.1, 0.15) is 11.6 Å². The molecule has 6 heteroatoms. The second-order valence-electron chi connectivity index (χ2n) is 7.66. The number of benzene rings is 2. The molecule has 2 aromatic carbocycles. The van der Waals surface area contributed by atoms with Gasteiger partial charge in [-0.05, 0) is 42.5 Å². The highest BCUT2D eigenvalue weighted by Gasteiger charge is 2.29. The average molecular weight is 398 g/mol. The van der Waals surface area contributed by atoms with E-state index < -0.39 is 11.7 Å². The summed E-state index contributed by atoms with van der Waals surface area (Å²) in [7, 11) is 0. The number of halogens is 1. The van der Waals surface area contributed by atoms with Gasteiger partial charge in [0, 0.05) is 6.04 Å². The summed E-state index contributed by atoms with van der Waals surface area (Å²) in [4.78, 5) is 24.9. The fourth-order valence-corrected chi connectivity index (χ4v) is 3.70. The molecule has 1 aliphatic rings. The Bertz CT molecular complexity index is 871. The van der Waals surface area contributed by atoms with Crippen molar-refractivity contribution in [2.45, 2.75) is 39.2 Å². The van der Waals surface area contributed by atoms with Crippen LogP contribution in [-0.4, -0.2) is 24.5 Å². The molecular weight excluding hydrogens is 371 g/mol. The smallest absolute Gasteiger partial charge is 0.262 e. The molecule has 2 amide bonds. The Morgan fingerprint density at radius 1 is 1.07 bits per heavy atom. The van der Waals surface area contributed by atoms with Crippen molar-refractivity contribution in [1.82, 2.24) is 5.32 Å². The largest absolute Gasteiger partial charge is 0.483 e. The SMILES string of the molecule is CC1CCCC(NC(=O)c2ccccc2OCC(=O)Nc2ccccc2F)C1C. The van der Waals surface area contributed by atoms with Gasteiger partial charge in [-0.1, -0.05) is 51.0 Å². The van der Waals surface area contributed by atoms with Crippen LogP contribution < -0.4 is 15.4 Å². The molecule has 2 N–H and O–H groups in total. The van der Waals surface area contributed by atoms with E-state index in [2.05, 4.69) is 24.5 Å². The minimum Gasteiger partial charge on any atom is -0.483 e. The number of carbonyl (C=O) groups excluding carboxylic acids is 2. The van der Waals surface area contributed by atoms with Crippen molar-refractivity contribution >= 4 is 17.5 Å². The Morgan fingerprint density at radius 2 is 1.79 bits per heavy atom. The van der Waals surface area contributed by atoms with Gasteiger partial charge in [0.15, 0.2) is 6.61 Å². The number of para-hydroxylation sites is 2. The molecule has 2 aromatic rings. The van der Waals surface area contributed by atoms with E-state index in [1.807, 2.05) is 0 Å². The van der Waals surface area contributed by atoms with Gasteiger partial charge >= 0.3 is 0 Å². The van der Waals surface area contributed by atoms with Gasteiger partial charge in [0.05, 0.1) is 11.3 Å². The van der Waals surface area contributed by atoms with E-state index in [1.165, 1.54) is 18.6 Å². The van der Waals surface area contributed by atoms with E-state index in [4.69, 9.17) is 4.74 Å². The predicted octanol–water partition coefficient (Wildman–Crippen LogP) is 4.40. The van der Waals surface area contributed by atoms with Crippen molar-refractivity contribution in [2.75, 3.05) is 11.9 Å². The van der Waals surface area contributed by atoms with Crippen LogP contribution in [0.3, 0.4) is 0 Å². The van der Waals surface area contributed by atoms with Gasteiger partial charge in [-0.15, -0.1) is 0 Å². The number of hydrogen-bond acceptors (Lipinski definition) is 3. The second kappa shape index (κ2) is 9.54. The third kappa shape index (κ3) is 5.34. The number of hydrogen-bond donors (Lipinski definition) is 2. The maximum absolute atomic E-state index is 13.7. The van der Waals surface area contributed by atoms with Crippen LogP contribution in [-0.2, 0) is 4.79 Å². The Labute approximate surface area is 170 Å². The zero-order valence-electron chi connectivity index (χ0n) is 16.8. The van der Waals surface area contributed by atoms with Crippen LogP contribution in [0.25, 0.3) is 0 Å². The summed E-state index contributed by atoms with van der Waals surface area (Å²) in [6.07, 6.45) is 3.25. The van der Waals surface area contributed by atoms with Crippen molar-refractivity contribution < 1.29 is 18.7 Å². The summed E-state index contributed by atoms with van der Waals surface area (Å²) >= 11 is 0. The monoisotopic (exact) mass is 398 g/mol. The minimum absolute atomic E-state index is 0.0903. The zero-order valence-corrected chi connectivity index (χ0v) is 16.8. The standard InChI is InChI=1S/C23H27FN2O3/c1-15-8-7-12-19(16(15)2)26-23(28)17-9-3-6-13-21(17)29-14-22(27)25-20-11-5-4-10-18(20)24/h3-6,9-11,13,15-16,19H,7-8,12,14H2,1-2H3,(H,25,27)(H,26,28). The third-order valence-corrected chi connectivity index (χ3v) is 5.66. The zero-order chi connectivity index (χ0) is 20.8. The van der Waals surface area contributed by atoms with E-state index in [9.17, 15) is 14.0 Å². The molecule has 154 valence electrons. The number of ether oxygens (including phenoxy) is 1. The van der Waals surface area contributed by atoms with Crippen molar-refractivity contribution in [1.29, 1.82) is 0 Å². The molecule has 0 aliphatic heterocycles. The van der Waals surface area contributed by atoms with Crippen LogP contribution in [0.2, 0.25) is 0 Å². The molecule has 1 aliphatic carbocycles. The van der Waals surface area contributed by atoms with Gasteiger partial charge in [0.2, 0.25) is 0 Å². The van der Waals surface area contributed by atoms with Gasteiger partial charge in [-0.2, -0.15) is 0 Å². The number of anilines is 1. The summed E-state index contributed by atoms with van der Waals surface area (Å²) in [5, 5.41) is 5.59. The first-order valence-corrected chi connectivity index (χ1v) is 10.0. The van der Waals surface area contributed by atoms with Crippen LogP contribution in [0.5, 0.6) is 5.75 Å². The third-order valence-electron chi connectivity index (χ3n) is 5.66. The van der Waals surface area contributed by atoms with Crippen LogP contribution in [0.1, 0.15) is 43.5 Å². The van der Waals surface area contributed by atoms with Gasteiger partial charge in [-0.25, -0.2) is 4.39 Å². The molecular formula is C23H27FN2O3. The second-order valence-corrected chi connectivity index (χ2v) is 7.66. The lowest BCUT2D eigenvalue weighted by molar-refractivity contribution is -0.118. The average Bonchev–Trinajstić information content (AvgIpc) is 2.72. The highest BCUT2D eigenvalue weighted by molar-refractivity contribution is 5.97. The molecule has 5 nitrogen and oxygen atoms in total. The summed E-state index contributed by atoms with van der Waals surface area (Å²) in [5.41, 5.74) is 0.476. The number of nitrogens with one attached hydrogen (secondary N) is 2. The number of rotatable bonds is 6.